The van der Waals surface area contributed by atoms with Gasteiger partial charge >= 0.3 is 5.97 Å². The maximum Gasteiger partial charge on any atom is 0.344 e. The van der Waals surface area contributed by atoms with Gasteiger partial charge in [-0.15, -0.1) is 0 Å². The fourth-order valence-electron chi connectivity index (χ4n) is 4.25. The molecule has 35 heavy (non-hydrogen) atoms. The van der Waals surface area contributed by atoms with Gasteiger partial charge in [0.15, 0.2) is 6.61 Å². The van der Waals surface area contributed by atoms with Crippen LogP contribution in [-0.2, 0) is 9.53 Å². The van der Waals surface area contributed by atoms with Gasteiger partial charge in [0.2, 0.25) is 0 Å². The number of hydrogen-bond acceptors (Lipinski definition) is 6. The van der Waals surface area contributed by atoms with Gasteiger partial charge in [-0.2, -0.15) is 9.78 Å². The summed E-state index contributed by atoms with van der Waals surface area (Å²) in [6.07, 6.45) is 6.60. The zero-order valence-electron chi connectivity index (χ0n) is 19.7. The van der Waals surface area contributed by atoms with Gasteiger partial charge in [0.1, 0.15) is 11.6 Å². The summed E-state index contributed by atoms with van der Waals surface area (Å²) in [5, 5.41) is 5.52. The van der Waals surface area contributed by atoms with Crippen LogP contribution in [0.4, 0.5) is 0 Å². The van der Waals surface area contributed by atoms with Crippen molar-refractivity contribution in [1.82, 2.24) is 9.66 Å². The van der Waals surface area contributed by atoms with Gasteiger partial charge in [0.25, 0.3) is 5.56 Å². The molecular weight excluding hydrogens is 534 g/mol. The van der Waals surface area contributed by atoms with Crippen molar-refractivity contribution in [3.8, 4) is 5.75 Å². The first kappa shape index (κ1) is 25.4. The Morgan fingerprint density at radius 2 is 2.00 bits per heavy atom. The molecule has 0 spiro atoms. The second-order valence-corrected chi connectivity index (χ2v) is 10.1. The Labute approximate surface area is 217 Å². The number of para-hydroxylation sites is 1. The molecule has 0 aliphatic heterocycles. The number of rotatable bonds is 7. The fraction of sp³-hybridized carbons (Fsp3) is 0.385. The molecule has 0 saturated heterocycles. The van der Waals surface area contributed by atoms with Crippen LogP contribution in [0.15, 0.2) is 50.8 Å². The molecule has 4 rings (SSSR count). The second-order valence-electron chi connectivity index (χ2n) is 8.82. The molecule has 0 amide bonds. The van der Waals surface area contributed by atoms with Crippen molar-refractivity contribution < 1.29 is 14.3 Å². The van der Waals surface area contributed by atoms with Crippen LogP contribution in [0.25, 0.3) is 10.9 Å². The van der Waals surface area contributed by atoms with E-state index in [-0.39, 0.29) is 24.2 Å². The molecule has 1 fully saturated rings. The number of aromatic nitrogens is 2. The number of esters is 1. The smallest absolute Gasteiger partial charge is 0.344 e. The van der Waals surface area contributed by atoms with Crippen molar-refractivity contribution >= 4 is 50.6 Å². The molecule has 1 aromatic heterocycles. The van der Waals surface area contributed by atoms with E-state index in [0.29, 0.717) is 37.5 Å². The number of carbonyl (C=O) groups is 1. The van der Waals surface area contributed by atoms with Crippen LogP contribution >= 0.6 is 27.5 Å². The van der Waals surface area contributed by atoms with Gasteiger partial charge in [-0.25, -0.2) is 9.78 Å². The lowest BCUT2D eigenvalue weighted by Gasteiger charge is -2.22. The lowest BCUT2D eigenvalue weighted by atomic mass is 9.88. The molecule has 0 unspecified atom stereocenters. The van der Waals surface area contributed by atoms with Crippen molar-refractivity contribution in [2.24, 2.45) is 5.10 Å². The van der Waals surface area contributed by atoms with E-state index in [1.54, 1.807) is 32.0 Å². The first-order chi connectivity index (χ1) is 16.8. The quantitative estimate of drug-likeness (QED) is 0.259. The molecule has 0 radical (unpaired) electrons. The summed E-state index contributed by atoms with van der Waals surface area (Å²) in [5.74, 6) is 0.707. The lowest BCUT2D eigenvalue weighted by Crippen LogP contribution is -2.25. The van der Waals surface area contributed by atoms with E-state index in [1.165, 1.54) is 17.3 Å². The number of carbonyl (C=O) groups excluding carboxylic acids is 1. The summed E-state index contributed by atoms with van der Waals surface area (Å²) in [6.45, 7) is 3.27. The average molecular weight is 561 g/mol. The van der Waals surface area contributed by atoms with Crippen LogP contribution in [0.2, 0.25) is 5.02 Å². The van der Waals surface area contributed by atoms with E-state index >= 15 is 0 Å². The molecule has 0 bridgehead atoms. The molecule has 1 aliphatic rings. The van der Waals surface area contributed by atoms with Gasteiger partial charge in [-0.3, -0.25) is 4.79 Å². The summed E-state index contributed by atoms with van der Waals surface area (Å²) >= 11 is 9.72. The highest BCUT2D eigenvalue weighted by molar-refractivity contribution is 9.10. The van der Waals surface area contributed by atoms with Gasteiger partial charge in [0, 0.05) is 16.5 Å². The normalized spacial score (nSPS) is 14.7. The summed E-state index contributed by atoms with van der Waals surface area (Å²) in [4.78, 5) is 30.3. The van der Waals surface area contributed by atoms with Crippen LogP contribution in [-0.4, -0.2) is 34.6 Å². The predicted molar refractivity (Wildman–Crippen MR) is 141 cm³/mol. The molecule has 1 aliphatic carbocycles. The Morgan fingerprint density at radius 3 is 2.74 bits per heavy atom. The zero-order valence-corrected chi connectivity index (χ0v) is 22.0. The average Bonchev–Trinajstić information content (AvgIpc) is 2.82. The van der Waals surface area contributed by atoms with E-state index in [4.69, 9.17) is 26.1 Å². The third kappa shape index (κ3) is 6.11. The number of halogens is 2. The summed E-state index contributed by atoms with van der Waals surface area (Å²) in [5.41, 5.74) is 0.954. The Bertz CT molecular complexity index is 1320. The largest absolute Gasteiger partial charge is 0.480 e. The van der Waals surface area contributed by atoms with Crippen molar-refractivity contribution in [3.05, 3.63) is 67.6 Å². The molecular formula is C26H27BrClN3O4. The number of benzene rings is 2. The van der Waals surface area contributed by atoms with Crippen LogP contribution in [0.1, 0.15) is 63.3 Å². The first-order valence-electron chi connectivity index (χ1n) is 11.7. The molecule has 7 nitrogen and oxygen atoms in total. The predicted octanol–water partition coefficient (Wildman–Crippen LogP) is 6.07. The minimum absolute atomic E-state index is 0.158. The van der Waals surface area contributed by atoms with Gasteiger partial charge in [0.05, 0.1) is 27.7 Å². The summed E-state index contributed by atoms with van der Waals surface area (Å²) in [6, 6.07) is 10.6. The van der Waals surface area contributed by atoms with Crippen LogP contribution in [0, 0.1) is 0 Å². The van der Waals surface area contributed by atoms with Crippen molar-refractivity contribution in [2.75, 3.05) is 6.61 Å². The molecule has 184 valence electrons. The number of nitrogens with zero attached hydrogens (tertiary/aromatic N) is 3. The minimum Gasteiger partial charge on any atom is -0.480 e. The van der Waals surface area contributed by atoms with Gasteiger partial charge in [-0.1, -0.05) is 43.0 Å². The Balaban J connectivity index is 1.74. The minimum atomic E-state index is -0.487. The summed E-state index contributed by atoms with van der Waals surface area (Å²) in [7, 11) is 0. The van der Waals surface area contributed by atoms with E-state index in [9.17, 15) is 9.59 Å². The van der Waals surface area contributed by atoms with Crippen molar-refractivity contribution in [2.45, 2.75) is 58.0 Å². The standard InChI is InChI=1S/C26H27BrClN3O4/c1-16(2)35-23(32)15-34-24-18(12-19(28)13-21(24)27)14-29-31-25(17-8-4-3-5-9-17)30-22-11-7-6-10-20(22)26(31)33/h6-7,10-14,16-17H,3-5,8-9,15H2,1-2H3. The van der Waals surface area contributed by atoms with Gasteiger partial charge < -0.3 is 9.47 Å². The third-order valence-corrected chi connectivity index (χ3v) is 6.61. The SMILES string of the molecule is CC(C)OC(=O)COc1c(Br)cc(Cl)cc1C=Nn1c(C2CCCCC2)nc2ccccc2c1=O. The molecule has 0 atom stereocenters. The molecule has 9 heteroatoms. The highest BCUT2D eigenvalue weighted by Gasteiger charge is 2.22. The molecule has 1 saturated carbocycles. The highest BCUT2D eigenvalue weighted by atomic mass is 79.9. The number of ether oxygens (including phenoxy) is 2. The first-order valence-corrected chi connectivity index (χ1v) is 12.9. The fourth-order valence-corrected chi connectivity index (χ4v) is 5.20. The third-order valence-electron chi connectivity index (χ3n) is 5.80. The van der Waals surface area contributed by atoms with E-state index in [1.807, 2.05) is 18.2 Å². The lowest BCUT2D eigenvalue weighted by molar-refractivity contribution is -0.149. The maximum absolute atomic E-state index is 13.4. The molecule has 2 aromatic carbocycles. The highest BCUT2D eigenvalue weighted by Crippen LogP contribution is 2.33. The van der Waals surface area contributed by atoms with E-state index in [2.05, 4.69) is 21.0 Å². The Kier molecular flexibility index (Phi) is 8.23. The number of hydrogen-bond donors (Lipinski definition) is 0. The van der Waals surface area contributed by atoms with E-state index < -0.39 is 5.97 Å². The van der Waals surface area contributed by atoms with Gasteiger partial charge in [-0.05, 0) is 66.9 Å². The molecule has 1 heterocycles. The zero-order chi connectivity index (χ0) is 24.9. The molecule has 3 aromatic rings. The maximum atomic E-state index is 13.4. The topological polar surface area (TPSA) is 82.8 Å². The van der Waals surface area contributed by atoms with Crippen LogP contribution in [0.3, 0.4) is 0 Å². The van der Waals surface area contributed by atoms with Crippen LogP contribution in [0.5, 0.6) is 5.75 Å². The van der Waals surface area contributed by atoms with Crippen molar-refractivity contribution in [1.29, 1.82) is 0 Å². The summed E-state index contributed by atoms with van der Waals surface area (Å²) < 4.78 is 12.8. The Hall–Kier alpha value is -2.71. The van der Waals surface area contributed by atoms with E-state index in [0.717, 1.165) is 25.7 Å². The second kappa shape index (κ2) is 11.4. The monoisotopic (exact) mass is 559 g/mol. The van der Waals surface area contributed by atoms with Crippen molar-refractivity contribution in [3.63, 3.8) is 0 Å². The molecule has 0 N–H and O–H groups in total. The Morgan fingerprint density at radius 1 is 1.26 bits per heavy atom. The van der Waals surface area contributed by atoms with Crippen LogP contribution < -0.4 is 10.3 Å². The number of fused-ring (bicyclic) bond motifs is 1.